The first-order chi connectivity index (χ1) is 12.7. The molecule has 0 bridgehead atoms. The van der Waals surface area contributed by atoms with Gasteiger partial charge in [0.05, 0.1) is 6.54 Å². The number of nitrogens with one attached hydrogen (secondary N) is 2. The summed E-state index contributed by atoms with van der Waals surface area (Å²) in [5.74, 6) is 1.57. The summed E-state index contributed by atoms with van der Waals surface area (Å²) in [6.45, 7) is 10.1. The normalized spacial score (nSPS) is 18.8. The number of aliphatic imine (C=N–C) groups is 1. The SMILES string of the molecule is CCNC(=NCc1ncc(C)s1)NCC1CCCN(Cc2cccs2)C1. The van der Waals surface area contributed by atoms with E-state index in [2.05, 4.69) is 51.9 Å². The lowest BCUT2D eigenvalue weighted by Crippen LogP contribution is -2.44. The summed E-state index contributed by atoms with van der Waals surface area (Å²) in [6.07, 6.45) is 4.49. The molecule has 2 aromatic heterocycles. The van der Waals surface area contributed by atoms with Crippen LogP contribution in [0.25, 0.3) is 0 Å². The largest absolute Gasteiger partial charge is 0.357 e. The summed E-state index contributed by atoms with van der Waals surface area (Å²) in [5, 5.41) is 10.1. The van der Waals surface area contributed by atoms with Gasteiger partial charge in [0.25, 0.3) is 0 Å². The Labute approximate surface area is 164 Å². The molecule has 1 atom stereocenters. The molecule has 2 N–H and O–H groups in total. The highest BCUT2D eigenvalue weighted by atomic mass is 32.1. The zero-order chi connectivity index (χ0) is 18.2. The molecule has 3 rings (SSSR count). The second-order valence-corrected chi connectivity index (χ2v) is 9.12. The number of aryl methyl sites for hydroxylation is 1. The molecule has 0 aromatic carbocycles. The van der Waals surface area contributed by atoms with Crippen LogP contribution in [0.5, 0.6) is 0 Å². The highest BCUT2D eigenvalue weighted by Crippen LogP contribution is 2.20. The number of guanidine groups is 1. The van der Waals surface area contributed by atoms with Gasteiger partial charge in [0.2, 0.25) is 0 Å². The van der Waals surface area contributed by atoms with Crippen LogP contribution in [-0.4, -0.2) is 42.0 Å². The van der Waals surface area contributed by atoms with Gasteiger partial charge in [-0.2, -0.15) is 0 Å². The highest BCUT2D eigenvalue weighted by Gasteiger charge is 2.20. The maximum absolute atomic E-state index is 4.69. The van der Waals surface area contributed by atoms with Gasteiger partial charge in [0.15, 0.2) is 5.96 Å². The van der Waals surface area contributed by atoms with Gasteiger partial charge in [-0.3, -0.25) is 4.90 Å². The van der Waals surface area contributed by atoms with Gasteiger partial charge in [0, 0.05) is 42.1 Å². The fourth-order valence-electron chi connectivity index (χ4n) is 3.29. The van der Waals surface area contributed by atoms with Crippen LogP contribution in [-0.2, 0) is 13.1 Å². The van der Waals surface area contributed by atoms with Gasteiger partial charge in [0.1, 0.15) is 5.01 Å². The monoisotopic (exact) mass is 391 g/mol. The van der Waals surface area contributed by atoms with E-state index in [1.54, 1.807) is 11.3 Å². The van der Waals surface area contributed by atoms with Gasteiger partial charge in [-0.15, -0.1) is 22.7 Å². The van der Waals surface area contributed by atoms with Crippen molar-refractivity contribution in [1.82, 2.24) is 20.5 Å². The molecule has 1 aliphatic rings. The second kappa shape index (κ2) is 10.0. The number of rotatable bonds is 7. The van der Waals surface area contributed by atoms with Crippen LogP contribution < -0.4 is 10.6 Å². The van der Waals surface area contributed by atoms with E-state index < -0.39 is 0 Å². The smallest absolute Gasteiger partial charge is 0.191 e. The van der Waals surface area contributed by atoms with Crippen molar-refractivity contribution in [3.8, 4) is 0 Å². The Morgan fingerprint density at radius 3 is 3.08 bits per heavy atom. The van der Waals surface area contributed by atoms with E-state index in [9.17, 15) is 0 Å². The third kappa shape index (κ3) is 6.07. The number of aromatic nitrogens is 1. The first-order valence-electron chi connectivity index (χ1n) is 9.41. The van der Waals surface area contributed by atoms with Crippen LogP contribution in [0.15, 0.2) is 28.7 Å². The minimum Gasteiger partial charge on any atom is -0.357 e. The van der Waals surface area contributed by atoms with Crippen molar-refractivity contribution in [3.63, 3.8) is 0 Å². The van der Waals surface area contributed by atoms with E-state index >= 15 is 0 Å². The molecule has 5 nitrogen and oxygen atoms in total. The zero-order valence-electron chi connectivity index (χ0n) is 15.7. The number of thiazole rings is 1. The number of thiophene rings is 1. The van der Waals surface area contributed by atoms with Crippen molar-refractivity contribution in [2.45, 2.75) is 39.8 Å². The Kier molecular flexibility index (Phi) is 7.46. The van der Waals surface area contributed by atoms with Crippen LogP contribution >= 0.6 is 22.7 Å². The number of piperidine rings is 1. The van der Waals surface area contributed by atoms with Crippen molar-refractivity contribution in [3.05, 3.63) is 38.5 Å². The lowest BCUT2D eigenvalue weighted by atomic mass is 9.98. The van der Waals surface area contributed by atoms with Crippen LogP contribution in [0, 0.1) is 12.8 Å². The van der Waals surface area contributed by atoms with Crippen molar-refractivity contribution in [2.75, 3.05) is 26.2 Å². The molecular weight excluding hydrogens is 362 g/mol. The maximum Gasteiger partial charge on any atom is 0.191 e. The molecular formula is C19H29N5S2. The molecule has 26 heavy (non-hydrogen) atoms. The highest BCUT2D eigenvalue weighted by molar-refractivity contribution is 7.11. The Balaban J connectivity index is 1.48. The van der Waals surface area contributed by atoms with Gasteiger partial charge in [-0.1, -0.05) is 6.07 Å². The van der Waals surface area contributed by atoms with Crippen molar-refractivity contribution in [1.29, 1.82) is 0 Å². The molecule has 3 heterocycles. The summed E-state index contributed by atoms with van der Waals surface area (Å²) in [7, 11) is 0. The topological polar surface area (TPSA) is 52.6 Å². The molecule has 142 valence electrons. The van der Waals surface area contributed by atoms with Gasteiger partial charge < -0.3 is 10.6 Å². The predicted molar refractivity (Wildman–Crippen MR) is 112 cm³/mol. The second-order valence-electron chi connectivity index (χ2n) is 6.76. The van der Waals surface area contributed by atoms with Gasteiger partial charge >= 0.3 is 0 Å². The van der Waals surface area contributed by atoms with E-state index in [1.807, 2.05) is 17.5 Å². The quantitative estimate of drug-likeness (QED) is 0.560. The standard InChI is InChI=1S/C19H29N5S2/c1-3-20-19(23-12-18-21-10-15(2)26-18)22-11-16-6-4-8-24(13-16)14-17-7-5-9-25-17/h5,7,9-10,16H,3-4,6,8,11-14H2,1-2H3,(H2,20,22,23). The molecule has 1 fully saturated rings. The summed E-state index contributed by atoms with van der Waals surface area (Å²) >= 11 is 3.57. The fraction of sp³-hybridized carbons (Fsp3) is 0.579. The molecule has 1 unspecified atom stereocenters. The molecule has 7 heteroatoms. The third-order valence-electron chi connectivity index (χ3n) is 4.51. The van der Waals surface area contributed by atoms with E-state index in [0.29, 0.717) is 12.5 Å². The molecule has 0 aliphatic carbocycles. The van der Waals surface area contributed by atoms with Crippen LogP contribution in [0.1, 0.15) is 34.5 Å². The van der Waals surface area contributed by atoms with Crippen LogP contribution in [0.3, 0.4) is 0 Å². The average molecular weight is 392 g/mol. The molecule has 0 spiro atoms. The van der Waals surface area contributed by atoms with E-state index in [4.69, 9.17) is 4.99 Å². The minimum atomic E-state index is 0.642. The van der Waals surface area contributed by atoms with E-state index in [1.165, 1.54) is 29.1 Å². The van der Waals surface area contributed by atoms with Crippen molar-refractivity contribution >= 4 is 28.6 Å². The minimum absolute atomic E-state index is 0.642. The lowest BCUT2D eigenvalue weighted by molar-refractivity contribution is 0.169. The van der Waals surface area contributed by atoms with Crippen molar-refractivity contribution < 1.29 is 0 Å². The van der Waals surface area contributed by atoms with Gasteiger partial charge in [-0.05, 0) is 50.6 Å². The Morgan fingerprint density at radius 1 is 1.42 bits per heavy atom. The number of hydrogen-bond acceptors (Lipinski definition) is 5. The summed E-state index contributed by atoms with van der Waals surface area (Å²) < 4.78 is 0. The molecule has 0 amide bonds. The maximum atomic E-state index is 4.69. The Bertz CT molecular complexity index is 680. The first-order valence-corrected chi connectivity index (χ1v) is 11.1. The van der Waals surface area contributed by atoms with Crippen molar-refractivity contribution in [2.24, 2.45) is 10.9 Å². The van der Waals surface area contributed by atoms with E-state index in [-0.39, 0.29) is 0 Å². The summed E-state index contributed by atoms with van der Waals surface area (Å²) in [5.41, 5.74) is 0. The number of likely N-dealkylation sites (tertiary alicyclic amines) is 1. The molecule has 2 aromatic rings. The van der Waals surface area contributed by atoms with Gasteiger partial charge in [-0.25, -0.2) is 9.98 Å². The third-order valence-corrected chi connectivity index (χ3v) is 6.27. The molecule has 1 saturated heterocycles. The fourth-order valence-corrected chi connectivity index (χ4v) is 4.75. The predicted octanol–water partition coefficient (Wildman–Crippen LogP) is 3.48. The summed E-state index contributed by atoms with van der Waals surface area (Å²) in [6, 6.07) is 4.38. The van der Waals surface area contributed by atoms with Crippen LogP contribution in [0.4, 0.5) is 0 Å². The average Bonchev–Trinajstić information content (AvgIpc) is 3.29. The number of nitrogens with zero attached hydrogens (tertiary/aromatic N) is 3. The lowest BCUT2D eigenvalue weighted by Gasteiger charge is -2.32. The molecule has 1 aliphatic heterocycles. The summed E-state index contributed by atoms with van der Waals surface area (Å²) in [4.78, 5) is 14.4. The first kappa shape index (κ1) is 19.3. The number of hydrogen-bond donors (Lipinski definition) is 2. The Morgan fingerprint density at radius 2 is 2.35 bits per heavy atom. The van der Waals surface area contributed by atoms with E-state index in [0.717, 1.165) is 37.1 Å². The molecule has 0 saturated carbocycles. The molecule has 0 radical (unpaired) electrons. The van der Waals surface area contributed by atoms with Crippen LogP contribution in [0.2, 0.25) is 0 Å². The zero-order valence-corrected chi connectivity index (χ0v) is 17.3. The Hall–Kier alpha value is -1.44.